The average Bonchev–Trinajstić information content (AvgIpc) is 2.95. The van der Waals surface area contributed by atoms with Crippen LogP contribution in [-0.2, 0) is 6.42 Å². The molecule has 0 radical (unpaired) electrons. The van der Waals surface area contributed by atoms with Gasteiger partial charge in [0.15, 0.2) is 5.82 Å². The molecule has 3 unspecified atom stereocenters. The number of aromatic amines is 1. The van der Waals surface area contributed by atoms with Crippen molar-refractivity contribution < 1.29 is 0 Å². The number of nitrogens with one attached hydrogen (secondary N) is 2. The molecule has 1 aliphatic heterocycles. The summed E-state index contributed by atoms with van der Waals surface area (Å²) >= 11 is 0. The second-order valence-electron chi connectivity index (χ2n) is 5.10. The molecule has 88 valence electrons. The monoisotopic (exact) mass is 220 g/mol. The maximum absolute atomic E-state index is 4.54. The lowest BCUT2D eigenvalue weighted by molar-refractivity contribution is 0.325. The molecule has 2 N–H and O–H groups in total. The summed E-state index contributed by atoms with van der Waals surface area (Å²) in [6.07, 6.45) is 7.68. The molecule has 2 fully saturated rings. The molecule has 3 atom stereocenters. The van der Waals surface area contributed by atoms with Crippen molar-refractivity contribution in [2.75, 3.05) is 0 Å². The zero-order valence-electron chi connectivity index (χ0n) is 9.87. The topological polar surface area (TPSA) is 53.6 Å². The summed E-state index contributed by atoms with van der Waals surface area (Å²) in [5.41, 5.74) is 0. The molecular formula is C12H20N4. The van der Waals surface area contributed by atoms with Crippen molar-refractivity contribution in [2.45, 2.75) is 57.5 Å². The van der Waals surface area contributed by atoms with Gasteiger partial charge in [-0.1, -0.05) is 19.8 Å². The summed E-state index contributed by atoms with van der Waals surface area (Å²) in [6, 6.07) is 1.12. The average molecular weight is 220 g/mol. The maximum atomic E-state index is 4.54. The highest BCUT2D eigenvalue weighted by atomic mass is 15.2. The van der Waals surface area contributed by atoms with Crippen LogP contribution < -0.4 is 5.32 Å². The van der Waals surface area contributed by atoms with Crippen molar-refractivity contribution in [3.8, 4) is 0 Å². The van der Waals surface area contributed by atoms with Crippen LogP contribution in [0, 0.1) is 5.92 Å². The highest BCUT2D eigenvalue weighted by Gasteiger charge is 2.37. The first-order chi connectivity index (χ1) is 7.86. The van der Waals surface area contributed by atoms with Gasteiger partial charge >= 0.3 is 0 Å². The third-order valence-electron chi connectivity index (χ3n) is 4.06. The molecule has 1 saturated carbocycles. The fraction of sp³-hybridized carbons (Fsp3) is 0.833. The molecule has 1 aromatic rings. The van der Waals surface area contributed by atoms with Gasteiger partial charge in [-0.3, -0.25) is 5.10 Å². The molecule has 1 saturated heterocycles. The van der Waals surface area contributed by atoms with E-state index in [2.05, 4.69) is 27.4 Å². The summed E-state index contributed by atoms with van der Waals surface area (Å²) in [4.78, 5) is 4.54. The van der Waals surface area contributed by atoms with E-state index in [-0.39, 0.29) is 0 Å². The number of H-pyrrole nitrogens is 1. The highest BCUT2D eigenvalue weighted by molar-refractivity contribution is 5.04. The van der Waals surface area contributed by atoms with Crippen LogP contribution in [0.1, 0.15) is 56.7 Å². The largest absolute Gasteiger partial charge is 0.304 e. The highest BCUT2D eigenvalue weighted by Crippen LogP contribution is 2.37. The van der Waals surface area contributed by atoms with Gasteiger partial charge in [0, 0.05) is 12.5 Å². The van der Waals surface area contributed by atoms with Gasteiger partial charge in [0.05, 0.1) is 6.04 Å². The van der Waals surface area contributed by atoms with E-state index in [1.165, 1.54) is 32.1 Å². The van der Waals surface area contributed by atoms with Gasteiger partial charge in [-0.05, 0) is 25.2 Å². The summed E-state index contributed by atoms with van der Waals surface area (Å²) in [5, 5.41) is 11.0. The van der Waals surface area contributed by atoms with E-state index >= 15 is 0 Å². The summed E-state index contributed by atoms with van der Waals surface area (Å²) in [6.45, 7) is 2.10. The molecule has 1 aliphatic carbocycles. The van der Waals surface area contributed by atoms with E-state index in [1.807, 2.05) is 0 Å². The van der Waals surface area contributed by atoms with Gasteiger partial charge in [0.1, 0.15) is 5.82 Å². The molecule has 3 rings (SSSR count). The van der Waals surface area contributed by atoms with E-state index in [9.17, 15) is 0 Å². The quantitative estimate of drug-likeness (QED) is 0.801. The van der Waals surface area contributed by atoms with Crippen LogP contribution in [0.3, 0.4) is 0 Å². The molecule has 0 bridgehead atoms. The van der Waals surface area contributed by atoms with E-state index in [1.54, 1.807) is 0 Å². The third-order valence-corrected chi connectivity index (χ3v) is 4.06. The van der Waals surface area contributed by atoms with E-state index < -0.39 is 0 Å². The van der Waals surface area contributed by atoms with E-state index in [4.69, 9.17) is 0 Å². The fourth-order valence-corrected chi connectivity index (χ4v) is 3.14. The second-order valence-corrected chi connectivity index (χ2v) is 5.10. The molecule has 0 aromatic carbocycles. The van der Waals surface area contributed by atoms with Gasteiger partial charge in [0.25, 0.3) is 0 Å². The van der Waals surface area contributed by atoms with Crippen LogP contribution >= 0.6 is 0 Å². The van der Waals surface area contributed by atoms with Gasteiger partial charge in [0.2, 0.25) is 0 Å². The Morgan fingerprint density at radius 2 is 2.19 bits per heavy atom. The normalized spacial score (nSPS) is 33.9. The third kappa shape index (κ3) is 1.75. The maximum Gasteiger partial charge on any atom is 0.167 e. The van der Waals surface area contributed by atoms with Gasteiger partial charge in [-0.2, -0.15) is 5.10 Å². The SMILES string of the molecule is CCc1nc(C2CC3CCCCC3N2)n[nH]1. The number of aryl methyl sites for hydroxylation is 1. The first kappa shape index (κ1) is 10.3. The minimum absolute atomic E-state index is 0.393. The molecule has 1 aromatic heterocycles. The zero-order valence-corrected chi connectivity index (χ0v) is 9.87. The van der Waals surface area contributed by atoms with Crippen molar-refractivity contribution in [3.05, 3.63) is 11.6 Å². The van der Waals surface area contributed by atoms with Crippen molar-refractivity contribution in [3.63, 3.8) is 0 Å². The molecule has 2 heterocycles. The van der Waals surface area contributed by atoms with Crippen LogP contribution in [0.25, 0.3) is 0 Å². The van der Waals surface area contributed by atoms with Crippen molar-refractivity contribution in [2.24, 2.45) is 5.92 Å². The molecule has 0 spiro atoms. The van der Waals surface area contributed by atoms with Crippen molar-refractivity contribution >= 4 is 0 Å². The number of rotatable bonds is 2. The number of aromatic nitrogens is 3. The number of nitrogens with zero attached hydrogens (tertiary/aromatic N) is 2. The van der Waals surface area contributed by atoms with E-state index in [0.717, 1.165) is 30.0 Å². The Hall–Kier alpha value is -0.900. The minimum atomic E-state index is 0.393. The van der Waals surface area contributed by atoms with Gasteiger partial charge in [-0.15, -0.1) is 0 Å². The van der Waals surface area contributed by atoms with Crippen LogP contribution in [0.4, 0.5) is 0 Å². The number of hydrogen-bond donors (Lipinski definition) is 2. The van der Waals surface area contributed by atoms with Crippen molar-refractivity contribution in [1.29, 1.82) is 0 Å². The summed E-state index contributed by atoms with van der Waals surface area (Å²) < 4.78 is 0. The van der Waals surface area contributed by atoms with Crippen LogP contribution in [0.15, 0.2) is 0 Å². The number of hydrogen-bond acceptors (Lipinski definition) is 3. The van der Waals surface area contributed by atoms with E-state index in [0.29, 0.717) is 6.04 Å². The van der Waals surface area contributed by atoms with Gasteiger partial charge < -0.3 is 5.32 Å². The lowest BCUT2D eigenvalue weighted by atomic mass is 9.85. The second kappa shape index (κ2) is 4.17. The Morgan fingerprint density at radius 3 is 2.94 bits per heavy atom. The Balaban J connectivity index is 1.72. The standard InChI is InChI=1S/C12H20N4/c1-2-11-14-12(16-15-11)10-7-8-5-3-4-6-9(8)13-10/h8-10,13H,2-7H2,1H3,(H,14,15,16). The lowest BCUT2D eigenvalue weighted by Gasteiger charge is -2.24. The van der Waals surface area contributed by atoms with Crippen LogP contribution in [-0.4, -0.2) is 21.2 Å². The lowest BCUT2D eigenvalue weighted by Crippen LogP contribution is -2.30. The first-order valence-corrected chi connectivity index (χ1v) is 6.54. The Morgan fingerprint density at radius 1 is 1.31 bits per heavy atom. The summed E-state index contributed by atoms with van der Waals surface area (Å²) in [5.74, 6) is 2.85. The molecule has 16 heavy (non-hydrogen) atoms. The van der Waals surface area contributed by atoms with Crippen LogP contribution in [0.5, 0.6) is 0 Å². The predicted octanol–water partition coefficient (Wildman–Crippen LogP) is 1.96. The van der Waals surface area contributed by atoms with Gasteiger partial charge in [-0.25, -0.2) is 4.98 Å². The Bertz CT molecular complexity index is 346. The number of fused-ring (bicyclic) bond motifs is 1. The van der Waals surface area contributed by atoms with Crippen molar-refractivity contribution in [1.82, 2.24) is 20.5 Å². The predicted molar refractivity (Wildman–Crippen MR) is 62.0 cm³/mol. The molecule has 4 nitrogen and oxygen atoms in total. The molecule has 0 amide bonds. The molecule has 4 heteroatoms. The Kier molecular flexibility index (Phi) is 2.67. The minimum Gasteiger partial charge on any atom is -0.304 e. The summed E-state index contributed by atoms with van der Waals surface area (Å²) in [7, 11) is 0. The zero-order chi connectivity index (χ0) is 11.0. The fourth-order valence-electron chi connectivity index (χ4n) is 3.14. The first-order valence-electron chi connectivity index (χ1n) is 6.54. The smallest absolute Gasteiger partial charge is 0.167 e. The molecular weight excluding hydrogens is 200 g/mol. The van der Waals surface area contributed by atoms with Crippen LogP contribution in [0.2, 0.25) is 0 Å². The molecule has 2 aliphatic rings. The Labute approximate surface area is 96.2 Å².